The van der Waals surface area contributed by atoms with Crippen LogP contribution in [0, 0.1) is 0 Å². The molecule has 32 heavy (non-hydrogen) atoms. The Morgan fingerprint density at radius 3 is 2.16 bits per heavy atom. The van der Waals surface area contributed by atoms with Crippen LogP contribution in [0.25, 0.3) is 0 Å². The highest BCUT2D eigenvalue weighted by Gasteiger charge is 2.27. The van der Waals surface area contributed by atoms with Crippen molar-refractivity contribution in [2.75, 3.05) is 39.4 Å². The maximum absolute atomic E-state index is 12.4. The lowest BCUT2D eigenvalue weighted by molar-refractivity contribution is -0.176. The van der Waals surface area contributed by atoms with Crippen LogP contribution in [0.15, 0.2) is 54.6 Å². The minimum Gasteiger partial charge on any atom is -0.452 e. The summed E-state index contributed by atoms with van der Waals surface area (Å²) in [6.07, 6.45) is -4.38. The predicted octanol–water partition coefficient (Wildman–Crippen LogP) is 3.27. The molecular weight excluding hydrogens is 425 g/mol. The van der Waals surface area contributed by atoms with E-state index in [2.05, 4.69) is 21.8 Å². The van der Waals surface area contributed by atoms with Crippen molar-refractivity contribution in [2.45, 2.75) is 19.3 Å². The quantitative estimate of drug-likeness (QED) is 0.578. The smallest absolute Gasteiger partial charge is 0.411 e. The summed E-state index contributed by atoms with van der Waals surface area (Å²) in [5.41, 5.74) is 1.93. The van der Waals surface area contributed by atoms with Gasteiger partial charge in [0.05, 0.1) is 12.2 Å². The molecule has 0 spiro atoms. The molecule has 0 unspecified atom stereocenters. The van der Waals surface area contributed by atoms with Crippen molar-refractivity contribution < 1.29 is 32.2 Å². The van der Waals surface area contributed by atoms with Gasteiger partial charge in [0, 0.05) is 32.7 Å². The molecule has 1 heterocycles. The van der Waals surface area contributed by atoms with E-state index in [0.29, 0.717) is 18.7 Å². The van der Waals surface area contributed by atoms with E-state index in [1.807, 2.05) is 18.2 Å². The number of nitrogens with zero attached hydrogens (tertiary/aromatic N) is 2. The number of amides is 1. The number of carbonyl (C=O) groups is 2. The maximum Gasteiger partial charge on any atom is 0.411 e. The first-order chi connectivity index (χ1) is 15.3. The number of halogens is 3. The monoisotopic (exact) mass is 450 g/mol. The standard InChI is InChI=1S/C23H25F3N2O4/c24-23(25,26)17-31-15-19-6-8-20(9-7-19)22(30)32-16-21(29)28-12-10-27(11-13-28)14-18-4-2-1-3-5-18/h1-9H,10-17H2. The lowest BCUT2D eigenvalue weighted by Gasteiger charge is -2.34. The number of carbonyl (C=O) groups excluding carboxylic acids is 2. The van der Waals surface area contributed by atoms with Crippen LogP contribution in [-0.4, -0.2) is 67.2 Å². The first-order valence-electron chi connectivity index (χ1n) is 10.2. The molecule has 6 nitrogen and oxygen atoms in total. The summed E-state index contributed by atoms with van der Waals surface area (Å²) in [7, 11) is 0. The summed E-state index contributed by atoms with van der Waals surface area (Å²) < 4.78 is 46.0. The van der Waals surface area contributed by atoms with Gasteiger partial charge in [-0.05, 0) is 23.3 Å². The molecule has 2 aromatic rings. The van der Waals surface area contributed by atoms with Gasteiger partial charge in [0.1, 0.15) is 6.61 Å². The molecule has 0 aliphatic carbocycles. The average molecular weight is 450 g/mol. The van der Waals surface area contributed by atoms with Crippen molar-refractivity contribution >= 4 is 11.9 Å². The van der Waals surface area contributed by atoms with Gasteiger partial charge in [0.25, 0.3) is 5.91 Å². The lowest BCUT2D eigenvalue weighted by atomic mass is 10.1. The van der Waals surface area contributed by atoms with Gasteiger partial charge in [-0.2, -0.15) is 13.2 Å². The first kappa shape index (κ1) is 23.7. The highest BCUT2D eigenvalue weighted by Crippen LogP contribution is 2.16. The van der Waals surface area contributed by atoms with E-state index in [1.165, 1.54) is 29.8 Å². The van der Waals surface area contributed by atoms with Gasteiger partial charge in [-0.3, -0.25) is 9.69 Å². The first-order valence-corrected chi connectivity index (χ1v) is 10.2. The number of hydrogen-bond donors (Lipinski definition) is 0. The van der Waals surface area contributed by atoms with Gasteiger partial charge >= 0.3 is 12.1 Å². The molecule has 1 amide bonds. The Bertz CT molecular complexity index is 880. The van der Waals surface area contributed by atoms with Gasteiger partial charge in [0.2, 0.25) is 0 Å². The fourth-order valence-electron chi connectivity index (χ4n) is 3.32. The Morgan fingerprint density at radius 2 is 1.53 bits per heavy atom. The summed E-state index contributed by atoms with van der Waals surface area (Å²) in [6.45, 7) is 1.54. The topological polar surface area (TPSA) is 59.1 Å². The SMILES string of the molecule is O=C(OCC(=O)N1CCN(Cc2ccccc2)CC1)c1ccc(COCC(F)(F)F)cc1. The van der Waals surface area contributed by atoms with Crippen LogP contribution in [0.4, 0.5) is 13.2 Å². The molecule has 0 N–H and O–H groups in total. The summed E-state index contributed by atoms with van der Waals surface area (Å²) in [6, 6.07) is 15.9. The highest BCUT2D eigenvalue weighted by molar-refractivity contribution is 5.91. The van der Waals surface area contributed by atoms with E-state index in [0.717, 1.165) is 19.6 Å². The second-order valence-electron chi connectivity index (χ2n) is 7.52. The third-order valence-corrected chi connectivity index (χ3v) is 5.02. The molecule has 1 fully saturated rings. The summed E-state index contributed by atoms with van der Waals surface area (Å²) >= 11 is 0. The molecule has 9 heteroatoms. The van der Waals surface area contributed by atoms with Gasteiger partial charge < -0.3 is 14.4 Å². The zero-order valence-corrected chi connectivity index (χ0v) is 17.5. The van der Waals surface area contributed by atoms with Crippen LogP contribution in [-0.2, 0) is 27.4 Å². The molecule has 0 atom stereocenters. The second kappa shape index (κ2) is 11.1. The molecular formula is C23H25F3N2O4. The summed E-state index contributed by atoms with van der Waals surface area (Å²) in [5.74, 6) is -0.918. The Hall–Kier alpha value is -2.91. The normalized spacial score (nSPS) is 14.9. The number of alkyl halides is 3. The number of piperazine rings is 1. The number of benzene rings is 2. The molecule has 2 aromatic carbocycles. The van der Waals surface area contributed by atoms with Crippen LogP contribution in [0.3, 0.4) is 0 Å². The van der Waals surface area contributed by atoms with E-state index in [-0.39, 0.29) is 24.7 Å². The largest absolute Gasteiger partial charge is 0.452 e. The van der Waals surface area contributed by atoms with E-state index in [4.69, 9.17) is 4.74 Å². The molecule has 1 saturated heterocycles. The van der Waals surface area contributed by atoms with Crippen molar-refractivity contribution in [1.82, 2.24) is 9.80 Å². The minimum absolute atomic E-state index is 0.213. The molecule has 0 saturated carbocycles. The molecule has 0 aromatic heterocycles. The minimum atomic E-state index is -4.38. The molecule has 172 valence electrons. The van der Waals surface area contributed by atoms with E-state index >= 15 is 0 Å². The third kappa shape index (κ3) is 7.65. The molecule has 1 aliphatic heterocycles. The van der Waals surface area contributed by atoms with Crippen molar-refractivity contribution in [3.8, 4) is 0 Å². The van der Waals surface area contributed by atoms with Crippen LogP contribution in [0.2, 0.25) is 0 Å². The van der Waals surface area contributed by atoms with Crippen molar-refractivity contribution in [3.05, 3.63) is 71.3 Å². The van der Waals surface area contributed by atoms with Gasteiger partial charge in [-0.1, -0.05) is 42.5 Å². The summed E-state index contributed by atoms with van der Waals surface area (Å²) in [4.78, 5) is 28.5. The van der Waals surface area contributed by atoms with Crippen molar-refractivity contribution in [1.29, 1.82) is 0 Å². The summed E-state index contributed by atoms with van der Waals surface area (Å²) in [5, 5.41) is 0. The zero-order valence-electron chi connectivity index (χ0n) is 17.5. The number of esters is 1. The van der Waals surface area contributed by atoms with E-state index in [1.54, 1.807) is 4.90 Å². The molecule has 3 rings (SSSR count). The van der Waals surface area contributed by atoms with Crippen LogP contribution in [0.5, 0.6) is 0 Å². The van der Waals surface area contributed by atoms with Gasteiger partial charge in [0.15, 0.2) is 6.61 Å². The average Bonchev–Trinajstić information content (AvgIpc) is 2.78. The van der Waals surface area contributed by atoms with Gasteiger partial charge in [-0.25, -0.2) is 4.79 Å². The van der Waals surface area contributed by atoms with Crippen LogP contribution >= 0.6 is 0 Å². The highest BCUT2D eigenvalue weighted by atomic mass is 19.4. The zero-order chi connectivity index (χ0) is 23.0. The Labute approximate surface area is 184 Å². The maximum atomic E-state index is 12.4. The number of rotatable bonds is 8. The van der Waals surface area contributed by atoms with Crippen LogP contribution < -0.4 is 0 Å². The molecule has 1 aliphatic rings. The Balaban J connectivity index is 1.38. The molecule has 0 radical (unpaired) electrons. The van der Waals surface area contributed by atoms with E-state index < -0.39 is 18.8 Å². The fourth-order valence-corrected chi connectivity index (χ4v) is 3.32. The Morgan fingerprint density at radius 1 is 0.875 bits per heavy atom. The van der Waals surface area contributed by atoms with Crippen LogP contribution in [0.1, 0.15) is 21.5 Å². The lowest BCUT2D eigenvalue weighted by Crippen LogP contribution is -2.49. The van der Waals surface area contributed by atoms with Gasteiger partial charge in [-0.15, -0.1) is 0 Å². The molecule has 0 bridgehead atoms. The van der Waals surface area contributed by atoms with Crippen molar-refractivity contribution in [3.63, 3.8) is 0 Å². The number of hydrogen-bond acceptors (Lipinski definition) is 5. The number of ether oxygens (including phenoxy) is 2. The second-order valence-corrected chi connectivity index (χ2v) is 7.52. The fraction of sp³-hybridized carbons (Fsp3) is 0.391. The van der Waals surface area contributed by atoms with E-state index in [9.17, 15) is 22.8 Å². The Kier molecular flexibility index (Phi) is 8.24. The van der Waals surface area contributed by atoms with Crippen molar-refractivity contribution in [2.24, 2.45) is 0 Å². The third-order valence-electron chi connectivity index (χ3n) is 5.02. The predicted molar refractivity (Wildman–Crippen MR) is 111 cm³/mol.